The van der Waals surface area contributed by atoms with Gasteiger partial charge in [0.1, 0.15) is 12.4 Å². The second kappa shape index (κ2) is 7.69. The van der Waals surface area contributed by atoms with Gasteiger partial charge < -0.3 is 20.5 Å². The molecule has 2 aromatic rings. The Morgan fingerprint density at radius 2 is 1.85 bits per heavy atom. The number of nitrogens with two attached hydrogens (primary N) is 1. The van der Waals surface area contributed by atoms with E-state index in [-0.39, 0.29) is 19.1 Å². The minimum Gasteiger partial charge on any atom is -0.482 e. The van der Waals surface area contributed by atoms with Crippen LogP contribution in [0.4, 0.5) is 5.69 Å². The molecule has 0 atom stereocenters. The zero-order chi connectivity index (χ0) is 18.5. The average molecular weight is 354 g/mol. The molecule has 1 heterocycles. The minimum absolute atomic E-state index is 0.00129. The number of carbonyl (C=O) groups excluding carboxylic acids is 3. The number of nitrogens with one attached hydrogen (secondary N) is 1. The lowest BCUT2D eigenvalue weighted by atomic mass is 10.0. The molecule has 0 saturated carbocycles. The first-order chi connectivity index (χ1) is 12.5. The maximum Gasteiger partial charge on any atom is 0.344 e. The first-order valence-corrected chi connectivity index (χ1v) is 8.11. The molecule has 0 radical (unpaired) electrons. The fraction of sp³-hybridized carbons (Fsp3) is 0.211. The van der Waals surface area contributed by atoms with Crippen LogP contribution in [0.2, 0.25) is 0 Å². The summed E-state index contributed by atoms with van der Waals surface area (Å²) in [7, 11) is 0. The number of benzene rings is 2. The van der Waals surface area contributed by atoms with E-state index < -0.39 is 11.9 Å². The number of anilines is 1. The molecule has 1 aliphatic heterocycles. The molecule has 0 spiro atoms. The summed E-state index contributed by atoms with van der Waals surface area (Å²) >= 11 is 0. The molecule has 2 aromatic carbocycles. The molecule has 0 aromatic heterocycles. The Hall–Kier alpha value is -3.35. The number of ether oxygens (including phenoxy) is 2. The maximum atomic E-state index is 11.8. The molecule has 0 saturated heterocycles. The number of amides is 2. The molecule has 0 aliphatic carbocycles. The fourth-order valence-electron chi connectivity index (χ4n) is 2.56. The largest absolute Gasteiger partial charge is 0.482 e. The van der Waals surface area contributed by atoms with Crippen LogP contribution in [0.15, 0.2) is 42.5 Å². The second-order valence-electron chi connectivity index (χ2n) is 5.88. The van der Waals surface area contributed by atoms with E-state index in [0.29, 0.717) is 24.2 Å². The van der Waals surface area contributed by atoms with Crippen LogP contribution >= 0.6 is 0 Å². The van der Waals surface area contributed by atoms with Gasteiger partial charge in [0.15, 0.2) is 6.61 Å². The topological polar surface area (TPSA) is 108 Å². The molecule has 26 heavy (non-hydrogen) atoms. The van der Waals surface area contributed by atoms with Crippen LogP contribution < -0.4 is 15.8 Å². The van der Waals surface area contributed by atoms with Crippen molar-refractivity contribution in [3.8, 4) is 5.75 Å². The van der Waals surface area contributed by atoms with Crippen LogP contribution in [0.1, 0.15) is 27.9 Å². The van der Waals surface area contributed by atoms with Crippen molar-refractivity contribution in [3.05, 3.63) is 59.2 Å². The van der Waals surface area contributed by atoms with Gasteiger partial charge in [-0.05, 0) is 47.9 Å². The summed E-state index contributed by atoms with van der Waals surface area (Å²) < 4.78 is 10.6. The number of rotatable bonds is 6. The van der Waals surface area contributed by atoms with Crippen LogP contribution in [0.5, 0.6) is 5.75 Å². The molecule has 134 valence electrons. The van der Waals surface area contributed by atoms with E-state index in [4.69, 9.17) is 15.2 Å². The van der Waals surface area contributed by atoms with Gasteiger partial charge in [0.05, 0.1) is 0 Å². The molecule has 0 bridgehead atoms. The Labute approximate surface area is 150 Å². The average Bonchev–Trinajstić information content (AvgIpc) is 2.65. The van der Waals surface area contributed by atoms with Crippen molar-refractivity contribution in [2.24, 2.45) is 5.73 Å². The van der Waals surface area contributed by atoms with E-state index in [0.717, 1.165) is 16.8 Å². The summed E-state index contributed by atoms with van der Waals surface area (Å²) in [4.78, 5) is 34.2. The highest BCUT2D eigenvalue weighted by Crippen LogP contribution is 2.26. The first kappa shape index (κ1) is 17.5. The molecule has 3 N–H and O–H groups in total. The lowest BCUT2D eigenvalue weighted by Gasteiger charge is -2.17. The zero-order valence-electron chi connectivity index (χ0n) is 14.0. The van der Waals surface area contributed by atoms with Gasteiger partial charge >= 0.3 is 5.97 Å². The molecule has 3 rings (SSSR count). The second-order valence-corrected chi connectivity index (χ2v) is 5.88. The number of esters is 1. The number of hydrogen-bond donors (Lipinski definition) is 2. The van der Waals surface area contributed by atoms with Crippen molar-refractivity contribution in [1.29, 1.82) is 0 Å². The molecular formula is C19H18N2O5. The van der Waals surface area contributed by atoms with Gasteiger partial charge in [-0.15, -0.1) is 0 Å². The number of aryl methyl sites for hydroxylation is 1. The van der Waals surface area contributed by atoms with Crippen molar-refractivity contribution in [2.75, 3.05) is 11.9 Å². The van der Waals surface area contributed by atoms with Gasteiger partial charge in [0, 0.05) is 17.7 Å². The highest BCUT2D eigenvalue weighted by Gasteiger charge is 2.15. The highest BCUT2D eigenvalue weighted by molar-refractivity contribution is 5.94. The highest BCUT2D eigenvalue weighted by atomic mass is 16.6. The summed E-state index contributed by atoms with van der Waals surface area (Å²) in [6, 6.07) is 11.8. The van der Waals surface area contributed by atoms with Gasteiger partial charge in [0.25, 0.3) is 0 Å². The summed E-state index contributed by atoms with van der Waals surface area (Å²) in [5, 5.41) is 2.79. The Balaban J connectivity index is 1.48. The van der Waals surface area contributed by atoms with Crippen LogP contribution in [-0.4, -0.2) is 24.4 Å². The van der Waals surface area contributed by atoms with Crippen LogP contribution in [0.3, 0.4) is 0 Å². The van der Waals surface area contributed by atoms with E-state index in [1.165, 1.54) is 0 Å². The van der Waals surface area contributed by atoms with E-state index >= 15 is 0 Å². The summed E-state index contributed by atoms with van der Waals surface area (Å²) in [6.07, 6.45) is 1.08. The van der Waals surface area contributed by atoms with Crippen LogP contribution in [-0.2, 0) is 27.4 Å². The maximum absolute atomic E-state index is 11.8. The lowest BCUT2D eigenvalue weighted by molar-refractivity contribution is -0.147. The van der Waals surface area contributed by atoms with Crippen LogP contribution in [0, 0.1) is 0 Å². The quantitative estimate of drug-likeness (QED) is 0.769. The molecule has 7 nitrogen and oxygen atoms in total. The van der Waals surface area contributed by atoms with E-state index in [9.17, 15) is 14.4 Å². The lowest BCUT2D eigenvalue weighted by Crippen LogP contribution is -2.19. The van der Waals surface area contributed by atoms with Gasteiger partial charge in [-0.3, -0.25) is 9.59 Å². The standard InChI is InChI=1S/C19H18N2O5/c20-19(24)13-3-1-12(2-4-13)10-26-18(23)11-25-15-6-7-16-14(9-15)5-8-17(22)21-16/h1-4,6-7,9H,5,8,10-11H2,(H2,20,24)(H,21,22). The first-order valence-electron chi connectivity index (χ1n) is 8.11. The van der Waals surface area contributed by atoms with Crippen molar-refractivity contribution in [3.63, 3.8) is 0 Å². The summed E-state index contributed by atoms with van der Waals surface area (Å²) in [6.45, 7) is -0.137. The van der Waals surface area contributed by atoms with Gasteiger partial charge in [-0.25, -0.2) is 4.79 Å². The summed E-state index contributed by atoms with van der Waals surface area (Å²) in [5.41, 5.74) is 8.06. The molecule has 7 heteroatoms. The Kier molecular flexibility index (Phi) is 5.17. The Morgan fingerprint density at radius 3 is 2.58 bits per heavy atom. The van der Waals surface area contributed by atoms with Gasteiger partial charge in [0.2, 0.25) is 11.8 Å². The van der Waals surface area contributed by atoms with Crippen molar-refractivity contribution in [1.82, 2.24) is 0 Å². The molecule has 1 aliphatic rings. The number of fused-ring (bicyclic) bond motifs is 1. The third-order valence-corrected chi connectivity index (χ3v) is 3.97. The molecule has 2 amide bonds. The smallest absolute Gasteiger partial charge is 0.344 e. The molecule has 0 unspecified atom stereocenters. The normalized spacial score (nSPS) is 12.7. The monoisotopic (exact) mass is 354 g/mol. The predicted octanol–water partition coefficient (Wildman–Crippen LogP) is 1.79. The van der Waals surface area contributed by atoms with Gasteiger partial charge in [-0.1, -0.05) is 12.1 Å². The predicted molar refractivity (Wildman–Crippen MR) is 93.6 cm³/mol. The van der Waals surface area contributed by atoms with E-state index in [1.54, 1.807) is 36.4 Å². The molecule has 0 fully saturated rings. The third kappa shape index (κ3) is 4.38. The third-order valence-electron chi connectivity index (χ3n) is 3.97. The van der Waals surface area contributed by atoms with Gasteiger partial charge in [-0.2, -0.15) is 0 Å². The van der Waals surface area contributed by atoms with Crippen molar-refractivity contribution >= 4 is 23.5 Å². The Morgan fingerprint density at radius 1 is 1.08 bits per heavy atom. The van der Waals surface area contributed by atoms with Crippen LogP contribution in [0.25, 0.3) is 0 Å². The van der Waals surface area contributed by atoms with Crippen molar-refractivity contribution in [2.45, 2.75) is 19.4 Å². The van der Waals surface area contributed by atoms with E-state index in [2.05, 4.69) is 5.32 Å². The minimum atomic E-state index is -0.508. The number of hydrogen-bond acceptors (Lipinski definition) is 5. The number of carbonyl (C=O) groups is 3. The molecular weight excluding hydrogens is 336 g/mol. The number of primary amides is 1. The summed E-state index contributed by atoms with van der Waals surface area (Å²) in [5.74, 6) is -0.470. The SMILES string of the molecule is NC(=O)c1ccc(COC(=O)COc2ccc3c(c2)CCC(=O)N3)cc1. The van der Waals surface area contributed by atoms with E-state index in [1.807, 2.05) is 6.07 Å². The zero-order valence-corrected chi connectivity index (χ0v) is 14.0. The Bertz CT molecular complexity index is 846. The van der Waals surface area contributed by atoms with Crippen molar-refractivity contribution < 1.29 is 23.9 Å². The fourth-order valence-corrected chi connectivity index (χ4v) is 2.56.